The number of rotatable bonds is 11. The van der Waals surface area contributed by atoms with Crippen molar-refractivity contribution in [2.45, 2.75) is 13.8 Å². The fraction of sp³-hybridized carbons (Fsp3) is 0.0294. The molecule has 0 bridgehead atoms. The molecule has 11 aromatic carbocycles. The van der Waals surface area contributed by atoms with Crippen molar-refractivity contribution in [1.82, 2.24) is 0 Å². The summed E-state index contributed by atoms with van der Waals surface area (Å²) in [5.74, 6) is 0. The van der Waals surface area contributed by atoms with Crippen LogP contribution < -0.4 is 9.80 Å². The van der Waals surface area contributed by atoms with Crippen LogP contribution in [0.4, 0.5) is 34.1 Å². The molecule has 0 N–H and O–H groups in total. The van der Waals surface area contributed by atoms with E-state index in [0.29, 0.717) is 0 Å². The summed E-state index contributed by atoms with van der Waals surface area (Å²) in [6.07, 6.45) is 0. The van der Waals surface area contributed by atoms with Gasteiger partial charge in [-0.15, -0.1) is 0 Å². The van der Waals surface area contributed by atoms with Gasteiger partial charge in [0.2, 0.25) is 0 Å². The van der Waals surface area contributed by atoms with Gasteiger partial charge in [-0.25, -0.2) is 0 Å². The molecule has 3 nitrogen and oxygen atoms in total. The van der Waals surface area contributed by atoms with E-state index in [1.165, 1.54) is 33.4 Å². The van der Waals surface area contributed by atoms with Gasteiger partial charge >= 0.3 is 0 Å². The molecule has 0 saturated carbocycles. The summed E-state index contributed by atoms with van der Waals surface area (Å²) >= 11 is 0. The summed E-state index contributed by atoms with van der Waals surface area (Å²) < 4.78 is 6.65. The first-order valence-corrected chi connectivity index (χ1v) is 24.3. The second-order valence-corrected chi connectivity index (χ2v) is 18.3. The zero-order valence-corrected chi connectivity index (χ0v) is 39.7. The van der Waals surface area contributed by atoms with Crippen molar-refractivity contribution < 1.29 is 4.42 Å². The van der Waals surface area contributed by atoms with Crippen LogP contribution >= 0.6 is 0 Å². The van der Waals surface area contributed by atoms with Crippen LogP contribution in [-0.4, -0.2) is 0 Å². The molecule has 0 unspecified atom stereocenters. The number of aryl methyl sites for hydroxylation is 2. The molecule has 338 valence electrons. The van der Waals surface area contributed by atoms with Crippen LogP contribution in [-0.2, 0) is 0 Å². The first-order valence-electron chi connectivity index (χ1n) is 24.3. The third-order valence-corrected chi connectivity index (χ3v) is 13.6. The van der Waals surface area contributed by atoms with E-state index in [1.54, 1.807) is 0 Å². The Labute approximate surface area is 415 Å². The van der Waals surface area contributed by atoms with Gasteiger partial charge in [0.25, 0.3) is 0 Å². The van der Waals surface area contributed by atoms with Crippen LogP contribution in [0.25, 0.3) is 77.6 Å². The number of benzene rings is 11. The predicted octanol–water partition coefficient (Wildman–Crippen LogP) is 19.5. The largest absolute Gasteiger partial charge is 0.455 e. The van der Waals surface area contributed by atoms with Crippen LogP contribution in [0.5, 0.6) is 0 Å². The van der Waals surface area contributed by atoms with E-state index in [9.17, 15) is 0 Å². The average Bonchev–Trinajstić information content (AvgIpc) is 3.82. The van der Waals surface area contributed by atoms with Crippen molar-refractivity contribution in [3.05, 3.63) is 278 Å². The molecule has 0 aliphatic rings. The lowest BCUT2D eigenvalue weighted by Crippen LogP contribution is -2.09. The Morgan fingerprint density at radius 2 is 0.577 bits per heavy atom. The molecule has 0 aliphatic carbocycles. The summed E-state index contributed by atoms with van der Waals surface area (Å²) in [6.45, 7) is 4.27. The molecule has 3 heteroatoms. The van der Waals surface area contributed by atoms with Crippen LogP contribution in [0.2, 0.25) is 0 Å². The molecule has 0 radical (unpaired) electrons. The van der Waals surface area contributed by atoms with Crippen LogP contribution in [0.1, 0.15) is 11.1 Å². The molecule has 0 amide bonds. The Bertz CT molecular complexity index is 3570. The zero-order chi connectivity index (χ0) is 47.7. The minimum absolute atomic E-state index is 0.887. The fourth-order valence-electron chi connectivity index (χ4n) is 9.85. The van der Waals surface area contributed by atoms with E-state index >= 15 is 0 Å². The fourth-order valence-corrected chi connectivity index (χ4v) is 9.85. The second kappa shape index (κ2) is 18.7. The van der Waals surface area contributed by atoms with Crippen molar-refractivity contribution in [3.63, 3.8) is 0 Å². The Hall–Kier alpha value is -9.18. The Morgan fingerprint density at radius 1 is 0.254 bits per heavy atom. The van der Waals surface area contributed by atoms with E-state index in [2.05, 4.69) is 285 Å². The van der Waals surface area contributed by atoms with Crippen LogP contribution in [0.3, 0.4) is 0 Å². The SMILES string of the molecule is Cc1ccc(N(c2ccc(-c3ccccc3)cc2)c2ccc(-c3cc(-c4ccc(N(c5ccc(C)cc5)c5ccc(-c6ccccc6)cc5)cc4)cc(-c4cccc5c4oc4ccccc45)c3)cc2)cc1. The highest BCUT2D eigenvalue weighted by Crippen LogP contribution is 2.43. The third-order valence-electron chi connectivity index (χ3n) is 13.6. The summed E-state index contributed by atoms with van der Waals surface area (Å²) in [5, 5.41) is 2.23. The number of para-hydroxylation sites is 2. The molecule has 0 aliphatic heterocycles. The maximum Gasteiger partial charge on any atom is 0.143 e. The highest BCUT2D eigenvalue weighted by Gasteiger charge is 2.18. The quantitative estimate of drug-likeness (QED) is 0.129. The van der Waals surface area contributed by atoms with E-state index in [4.69, 9.17) is 4.42 Å². The first kappa shape index (κ1) is 43.1. The number of anilines is 6. The summed E-state index contributed by atoms with van der Waals surface area (Å²) in [5.41, 5.74) is 22.2. The molecule has 0 fully saturated rings. The molecule has 1 aromatic heterocycles. The van der Waals surface area contributed by atoms with Gasteiger partial charge in [0.1, 0.15) is 11.2 Å². The number of fused-ring (bicyclic) bond motifs is 3. The Kier molecular flexibility index (Phi) is 11.4. The van der Waals surface area contributed by atoms with Gasteiger partial charge in [0, 0.05) is 50.5 Å². The number of nitrogens with zero attached hydrogens (tertiary/aromatic N) is 2. The molecular weight excluding hydrogens is 861 g/mol. The van der Waals surface area contributed by atoms with Crippen molar-refractivity contribution in [1.29, 1.82) is 0 Å². The number of furan rings is 1. The predicted molar refractivity (Wildman–Crippen MR) is 300 cm³/mol. The van der Waals surface area contributed by atoms with E-state index in [1.807, 2.05) is 6.07 Å². The molecule has 0 atom stereocenters. The lowest BCUT2D eigenvalue weighted by atomic mass is 9.92. The highest BCUT2D eigenvalue weighted by atomic mass is 16.3. The smallest absolute Gasteiger partial charge is 0.143 e. The lowest BCUT2D eigenvalue weighted by Gasteiger charge is -2.26. The molecular formula is C68H50N2O. The van der Waals surface area contributed by atoms with E-state index < -0.39 is 0 Å². The molecule has 71 heavy (non-hydrogen) atoms. The Morgan fingerprint density at radius 3 is 1.00 bits per heavy atom. The van der Waals surface area contributed by atoms with Crippen molar-refractivity contribution in [2.24, 2.45) is 0 Å². The minimum atomic E-state index is 0.887. The Balaban J connectivity index is 0.944. The van der Waals surface area contributed by atoms with Crippen molar-refractivity contribution in [2.75, 3.05) is 9.80 Å². The molecule has 0 spiro atoms. The van der Waals surface area contributed by atoms with Crippen LogP contribution in [0.15, 0.2) is 271 Å². The van der Waals surface area contributed by atoms with Gasteiger partial charge in [-0.3, -0.25) is 0 Å². The molecule has 0 saturated heterocycles. The van der Waals surface area contributed by atoms with Crippen molar-refractivity contribution >= 4 is 56.1 Å². The summed E-state index contributed by atoms with van der Waals surface area (Å²) in [7, 11) is 0. The van der Waals surface area contributed by atoms with E-state index in [-0.39, 0.29) is 0 Å². The average molecular weight is 911 g/mol. The van der Waals surface area contributed by atoms with Crippen LogP contribution in [0, 0.1) is 13.8 Å². The summed E-state index contributed by atoms with van der Waals surface area (Å²) in [6, 6.07) is 96.1. The molecule has 12 aromatic rings. The van der Waals surface area contributed by atoms with Gasteiger partial charge in [0.05, 0.1) is 0 Å². The second-order valence-electron chi connectivity index (χ2n) is 18.3. The van der Waals surface area contributed by atoms with Gasteiger partial charge in [-0.05, 0) is 161 Å². The number of hydrogen-bond acceptors (Lipinski definition) is 3. The third kappa shape index (κ3) is 8.67. The van der Waals surface area contributed by atoms with Gasteiger partial charge in [-0.1, -0.05) is 181 Å². The van der Waals surface area contributed by atoms with Crippen molar-refractivity contribution in [3.8, 4) is 55.6 Å². The minimum Gasteiger partial charge on any atom is -0.455 e. The zero-order valence-electron chi connectivity index (χ0n) is 39.7. The summed E-state index contributed by atoms with van der Waals surface area (Å²) in [4.78, 5) is 4.67. The first-order chi connectivity index (χ1) is 35.0. The number of hydrogen-bond donors (Lipinski definition) is 0. The van der Waals surface area contributed by atoms with Gasteiger partial charge in [0.15, 0.2) is 0 Å². The standard InChI is InChI=1S/C68H50N2O/c1-47-20-32-58(33-21-47)69(60-36-24-51(25-37-60)49-12-5-3-6-13-49)62-40-28-53(29-41-62)55-44-56(46-57(45-55)64-17-11-18-66-65-16-9-10-19-67(65)71-68(64)66)54-30-42-63(43-31-54)70(59-34-22-48(2)23-35-59)61-38-26-52(27-39-61)50-14-7-4-8-15-50/h3-46H,1-2H3. The maximum atomic E-state index is 6.65. The monoisotopic (exact) mass is 910 g/mol. The van der Waals surface area contributed by atoms with Gasteiger partial charge < -0.3 is 14.2 Å². The topological polar surface area (TPSA) is 19.6 Å². The molecule has 1 heterocycles. The highest BCUT2D eigenvalue weighted by molar-refractivity contribution is 6.10. The lowest BCUT2D eigenvalue weighted by molar-refractivity contribution is 0.670. The van der Waals surface area contributed by atoms with Gasteiger partial charge in [-0.2, -0.15) is 0 Å². The normalized spacial score (nSPS) is 11.2. The maximum absolute atomic E-state index is 6.65. The molecule has 12 rings (SSSR count). The van der Waals surface area contributed by atoms with E-state index in [0.717, 1.165) is 89.4 Å².